The molecule has 0 spiro atoms. The van der Waals surface area contributed by atoms with Gasteiger partial charge in [0.05, 0.1) is 18.1 Å². The molecule has 1 atom stereocenters. The van der Waals surface area contributed by atoms with Crippen LogP contribution in [0.2, 0.25) is 0 Å². The van der Waals surface area contributed by atoms with Crippen LogP contribution >= 0.6 is 11.3 Å². The van der Waals surface area contributed by atoms with Gasteiger partial charge in [-0.2, -0.15) is 0 Å². The lowest BCUT2D eigenvalue weighted by atomic mass is 9.95. The van der Waals surface area contributed by atoms with Crippen molar-refractivity contribution in [2.45, 2.75) is 38.5 Å². The predicted octanol–water partition coefficient (Wildman–Crippen LogP) is 6.58. The van der Waals surface area contributed by atoms with E-state index < -0.39 is 15.8 Å². The normalized spacial score (nSPS) is 12.1. The second kappa shape index (κ2) is 11.2. The molecule has 4 aromatic rings. The van der Waals surface area contributed by atoms with E-state index in [1.54, 1.807) is 18.3 Å². The number of aliphatic carboxylic acids is 1. The quantitative estimate of drug-likeness (QED) is 0.246. The number of rotatable bonds is 9. The summed E-state index contributed by atoms with van der Waals surface area (Å²) in [5.74, 6) is 5.20. The van der Waals surface area contributed by atoms with Gasteiger partial charge in [-0.05, 0) is 71.3 Å². The van der Waals surface area contributed by atoms with Crippen molar-refractivity contribution in [3.05, 3.63) is 88.3 Å². The standard InChI is InChI=1S/C30H28O5S2/c1-4-6-23(16-29(31)32)22-10-12-25(13-11-22)35-17-21-9-14-28-26(15-21)27(18-36-28)30-20(2)7-5-8-24(30)19-37(3,33)34/h5,7-15,18,23H,16-17,19H2,1-3H3,(H,31,32)/t23-/m0/s1. The number of aryl methyl sites for hydroxylation is 1. The average Bonchev–Trinajstić information content (AvgIpc) is 3.24. The van der Waals surface area contributed by atoms with Crippen molar-refractivity contribution in [2.24, 2.45) is 0 Å². The molecule has 1 N–H and O–H groups in total. The number of sulfone groups is 1. The van der Waals surface area contributed by atoms with Crippen LogP contribution in [-0.2, 0) is 27.0 Å². The summed E-state index contributed by atoms with van der Waals surface area (Å²) in [6.45, 7) is 4.07. The van der Waals surface area contributed by atoms with E-state index >= 15 is 0 Å². The Morgan fingerprint density at radius 1 is 1.11 bits per heavy atom. The zero-order valence-corrected chi connectivity index (χ0v) is 22.6. The van der Waals surface area contributed by atoms with Crippen molar-refractivity contribution in [3.8, 4) is 28.7 Å². The maximum atomic E-state index is 12.1. The first-order valence-corrected chi connectivity index (χ1v) is 14.7. The highest BCUT2D eigenvalue weighted by molar-refractivity contribution is 7.89. The summed E-state index contributed by atoms with van der Waals surface area (Å²) in [6, 6.07) is 19.4. The second-order valence-electron chi connectivity index (χ2n) is 9.06. The topological polar surface area (TPSA) is 80.7 Å². The summed E-state index contributed by atoms with van der Waals surface area (Å²) < 4.78 is 31.3. The van der Waals surface area contributed by atoms with Crippen LogP contribution in [0.3, 0.4) is 0 Å². The Kier molecular flexibility index (Phi) is 8.01. The van der Waals surface area contributed by atoms with E-state index in [0.29, 0.717) is 12.4 Å². The fourth-order valence-corrected chi connectivity index (χ4v) is 6.18. The first kappa shape index (κ1) is 26.5. The Labute approximate surface area is 221 Å². The molecule has 0 fully saturated rings. The van der Waals surface area contributed by atoms with E-state index in [1.807, 2.05) is 55.5 Å². The lowest BCUT2D eigenvalue weighted by Gasteiger charge is -2.13. The highest BCUT2D eigenvalue weighted by atomic mass is 32.2. The number of fused-ring (bicyclic) bond motifs is 1. The molecular formula is C30H28O5S2. The fourth-order valence-electron chi connectivity index (χ4n) is 4.44. The van der Waals surface area contributed by atoms with Crippen LogP contribution in [0.25, 0.3) is 21.2 Å². The maximum absolute atomic E-state index is 12.1. The third-order valence-electron chi connectivity index (χ3n) is 6.07. The van der Waals surface area contributed by atoms with Crippen molar-refractivity contribution in [1.29, 1.82) is 0 Å². The van der Waals surface area contributed by atoms with Crippen LogP contribution in [0.15, 0.2) is 66.0 Å². The Bertz CT molecular complexity index is 1600. The molecule has 0 aliphatic carbocycles. The number of hydrogen-bond donors (Lipinski definition) is 1. The van der Waals surface area contributed by atoms with Crippen LogP contribution < -0.4 is 4.74 Å². The molecule has 0 aliphatic rings. The molecule has 0 saturated heterocycles. The molecule has 7 heteroatoms. The SMILES string of the molecule is CC#C[C@@H](CC(=O)O)c1ccc(OCc2ccc3scc(-c4c(C)cccc4CS(C)(=O)=O)c3c2)cc1. The van der Waals surface area contributed by atoms with E-state index in [0.717, 1.165) is 43.5 Å². The van der Waals surface area contributed by atoms with Crippen LogP contribution in [0.5, 0.6) is 5.75 Å². The smallest absolute Gasteiger partial charge is 0.304 e. The number of benzene rings is 3. The Morgan fingerprint density at radius 3 is 2.54 bits per heavy atom. The molecule has 5 nitrogen and oxygen atoms in total. The number of carbonyl (C=O) groups is 1. The lowest BCUT2D eigenvalue weighted by Crippen LogP contribution is -2.04. The number of hydrogen-bond acceptors (Lipinski definition) is 5. The molecule has 0 saturated carbocycles. The molecule has 37 heavy (non-hydrogen) atoms. The van der Waals surface area contributed by atoms with Gasteiger partial charge >= 0.3 is 5.97 Å². The minimum atomic E-state index is -3.18. The number of thiophene rings is 1. The molecule has 1 heterocycles. The first-order chi connectivity index (χ1) is 17.6. The molecule has 0 amide bonds. The molecule has 1 aromatic heterocycles. The second-order valence-corrected chi connectivity index (χ2v) is 12.1. The third kappa shape index (κ3) is 6.59. The highest BCUT2D eigenvalue weighted by Gasteiger charge is 2.17. The molecule has 190 valence electrons. The molecular weight excluding hydrogens is 504 g/mol. The van der Waals surface area contributed by atoms with Crippen molar-refractivity contribution in [3.63, 3.8) is 0 Å². The van der Waals surface area contributed by atoms with E-state index in [2.05, 4.69) is 29.4 Å². The van der Waals surface area contributed by atoms with Crippen LogP contribution in [0.4, 0.5) is 0 Å². The van der Waals surface area contributed by atoms with E-state index in [9.17, 15) is 13.2 Å². The van der Waals surface area contributed by atoms with Gasteiger partial charge in [0.1, 0.15) is 12.4 Å². The lowest BCUT2D eigenvalue weighted by molar-refractivity contribution is -0.137. The first-order valence-electron chi connectivity index (χ1n) is 11.8. The summed E-state index contributed by atoms with van der Waals surface area (Å²) in [5.41, 5.74) is 5.68. The summed E-state index contributed by atoms with van der Waals surface area (Å²) in [6.07, 6.45) is 1.22. The molecule has 0 aliphatic heterocycles. The van der Waals surface area contributed by atoms with E-state index in [-0.39, 0.29) is 18.1 Å². The van der Waals surface area contributed by atoms with Gasteiger partial charge in [0.25, 0.3) is 0 Å². The Balaban J connectivity index is 1.58. The van der Waals surface area contributed by atoms with Crippen LogP contribution in [0, 0.1) is 18.8 Å². The molecule has 0 unspecified atom stereocenters. The zero-order chi connectivity index (χ0) is 26.6. The zero-order valence-electron chi connectivity index (χ0n) is 20.9. The van der Waals surface area contributed by atoms with Gasteiger partial charge in [-0.25, -0.2) is 8.42 Å². The fraction of sp³-hybridized carbons (Fsp3) is 0.233. The third-order valence-corrected chi connectivity index (χ3v) is 7.87. The average molecular weight is 533 g/mol. The summed E-state index contributed by atoms with van der Waals surface area (Å²) in [4.78, 5) is 11.2. The highest BCUT2D eigenvalue weighted by Crippen LogP contribution is 2.38. The van der Waals surface area contributed by atoms with Gasteiger partial charge < -0.3 is 9.84 Å². The van der Waals surface area contributed by atoms with Crippen molar-refractivity contribution >= 4 is 37.2 Å². The summed E-state index contributed by atoms with van der Waals surface area (Å²) in [5, 5.41) is 12.3. The van der Waals surface area contributed by atoms with Gasteiger partial charge in [-0.1, -0.05) is 42.3 Å². The van der Waals surface area contributed by atoms with Crippen molar-refractivity contribution in [2.75, 3.05) is 6.26 Å². The molecule has 0 bridgehead atoms. The minimum absolute atomic E-state index is 0.00267. The predicted molar refractivity (Wildman–Crippen MR) is 150 cm³/mol. The maximum Gasteiger partial charge on any atom is 0.304 e. The van der Waals surface area contributed by atoms with Gasteiger partial charge in [-0.3, -0.25) is 4.79 Å². The van der Waals surface area contributed by atoms with E-state index in [1.165, 1.54) is 6.26 Å². The van der Waals surface area contributed by atoms with Crippen molar-refractivity contribution in [1.82, 2.24) is 0 Å². The number of carboxylic acid groups (broad SMARTS) is 1. The Morgan fingerprint density at radius 2 is 1.86 bits per heavy atom. The molecule has 3 aromatic carbocycles. The van der Waals surface area contributed by atoms with Gasteiger partial charge in [0, 0.05) is 21.9 Å². The van der Waals surface area contributed by atoms with Crippen LogP contribution in [-0.4, -0.2) is 25.7 Å². The van der Waals surface area contributed by atoms with Gasteiger partial charge in [0.15, 0.2) is 9.84 Å². The number of carboxylic acids is 1. The summed E-state index contributed by atoms with van der Waals surface area (Å²) >= 11 is 1.64. The monoisotopic (exact) mass is 532 g/mol. The largest absolute Gasteiger partial charge is 0.489 e. The van der Waals surface area contributed by atoms with Crippen molar-refractivity contribution < 1.29 is 23.1 Å². The Hall–Kier alpha value is -3.60. The summed E-state index contributed by atoms with van der Waals surface area (Å²) in [7, 11) is -3.18. The van der Waals surface area contributed by atoms with Gasteiger partial charge in [0.2, 0.25) is 0 Å². The van der Waals surface area contributed by atoms with Gasteiger partial charge in [-0.15, -0.1) is 17.3 Å². The van der Waals surface area contributed by atoms with Crippen LogP contribution in [0.1, 0.15) is 41.5 Å². The van der Waals surface area contributed by atoms with E-state index in [4.69, 9.17) is 9.84 Å². The molecule has 4 rings (SSSR count). The minimum Gasteiger partial charge on any atom is -0.489 e. The molecule has 0 radical (unpaired) electrons. The number of ether oxygens (including phenoxy) is 1.